The second-order valence-corrected chi connectivity index (χ2v) is 3.74. The monoisotopic (exact) mass is 164 g/mol. The van der Waals surface area contributed by atoms with Crippen molar-refractivity contribution in [1.29, 1.82) is 0 Å². The summed E-state index contributed by atoms with van der Waals surface area (Å²) in [7, 11) is 0. The van der Waals surface area contributed by atoms with Crippen molar-refractivity contribution in [3.05, 3.63) is 28.9 Å². The quantitative estimate of drug-likeness (QED) is 0.599. The van der Waals surface area contributed by atoms with Gasteiger partial charge in [0.15, 0.2) is 0 Å². The molecule has 1 heterocycles. The SMILES string of the molecule is CC(C)(C)c1ccc(N=O)cn1. The Morgan fingerprint density at radius 3 is 2.33 bits per heavy atom. The fourth-order valence-electron chi connectivity index (χ4n) is 0.884. The third kappa shape index (κ3) is 1.87. The average Bonchev–Trinajstić information content (AvgIpc) is 2.03. The highest BCUT2D eigenvalue weighted by molar-refractivity contribution is 5.34. The molecule has 0 radical (unpaired) electrons. The van der Waals surface area contributed by atoms with Gasteiger partial charge in [0.2, 0.25) is 0 Å². The van der Waals surface area contributed by atoms with E-state index < -0.39 is 0 Å². The molecule has 0 N–H and O–H groups in total. The van der Waals surface area contributed by atoms with E-state index >= 15 is 0 Å². The Kier molecular flexibility index (Phi) is 2.22. The molecular weight excluding hydrogens is 152 g/mol. The van der Waals surface area contributed by atoms with Crippen LogP contribution in [0, 0.1) is 4.91 Å². The van der Waals surface area contributed by atoms with Crippen LogP contribution >= 0.6 is 0 Å². The lowest BCUT2D eigenvalue weighted by Crippen LogP contribution is -2.12. The number of hydrogen-bond acceptors (Lipinski definition) is 3. The van der Waals surface area contributed by atoms with E-state index in [-0.39, 0.29) is 5.41 Å². The van der Waals surface area contributed by atoms with Gasteiger partial charge in [0.05, 0.1) is 6.20 Å². The molecule has 1 aromatic rings. The summed E-state index contributed by atoms with van der Waals surface area (Å²) in [6.45, 7) is 6.22. The van der Waals surface area contributed by atoms with Crippen molar-refractivity contribution in [1.82, 2.24) is 4.98 Å². The van der Waals surface area contributed by atoms with E-state index in [9.17, 15) is 4.91 Å². The lowest BCUT2D eigenvalue weighted by atomic mass is 9.92. The standard InChI is InChI=1S/C9H12N2O/c1-9(2,3)8-5-4-7(11-12)6-10-8/h4-6H,1-3H3. The lowest BCUT2D eigenvalue weighted by Gasteiger charge is -2.16. The fraction of sp³-hybridized carbons (Fsp3) is 0.444. The van der Waals surface area contributed by atoms with Crippen molar-refractivity contribution in [2.45, 2.75) is 26.2 Å². The van der Waals surface area contributed by atoms with Gasteiger partial charge in [-0.1, -0.05) is 20.8 Å². The Balaban J connectivity index is 3.00. The minimum Gasteiger partial charge on any atom is -0.258 e. The summed E-state index contributed by atoms with van der Waals surface area (Å²) in [5.74, 6) is 0. The molecule has 0 saturated heterocycles. The highest BCUT2D eigenvalue weighted by atomic mass is 16.3. The van der Waals surface area contributed by atoms with Crippen LogP contribution in [0.25, 0.3) is 0 Å². The Bertz CT molecular complexity index is 272. The van der Waals surface area contributed by atoms with Crippen LogP contribution in [-0.4, -0.2) is 4.98 Å². The first-order valence-corrected chi connectivity index (χ1v) is 3.84. The Labute approximate surface area is 71.8 Å². The molecule has 0 atom stereocenters. The van der Waals surface area contributed by atoms with Gasteiger partial charge in [-0.3, -0.25) is 4.98 Å². The molecule has 0 aliphatic rings. The van der Waals surface area contributed by atoms with E-state index in [0.29, 0.717) is 5.69 Å². The molecule has 0 unspecified atom stereocenters. The molecule has 0 aromatic carbocycles. The van der Waals surface area contributed by atoms with Gasteiger partial charge in [-0.25, -0.2) is 0 Å². The zero-order valence-electron chi connectivity index (χ0n) is 7.53. The van der Waals surface area contributed by atoms with Crippen molar-refractivity contribution >= 4 is 5.69 Å². The van der Waals surface area contributed by atoms with Crippen LogP contribution in [0.1, 0.15) is 26.5 Å². The van der Waals surface area contributed by atoms with Gasteiger partial charge >= 0.3 is 0 Å². The van der Waals surface area contributed by atoms with E-state index in [1.54, 1.807) is 6.07 Å². The minimum absolute atomic E-state index is 0.0292. The molecule has 0 fully saturated rings. The van der Waals surface area contributed by atoms with Gasteiger partial charge < -0.3 is 0 Å². The average molecular weight is 164 g/mol. The maximum absolute atomic E-state index is 10.1. The van der Waals surface area contributed by atoms with Crippen LogP contribution in [0.4, 0.5) is 5.69 Å². The van der Waals surface area contributed by atoms with Crippen molar-refractivity contribution in [3.8, 4) is 0 Å². The first kappa shape index (κ1) is 8.84. The molecule has 0 aliphatic carbocycles. The largest absolute Gasteiger partial charge is 0.258 e. The number of hydrogen-bond donors (Lipinski definition) is 0. The third-order valence-electron chi connectivity index (χ3n) is 1.62. The highest BCUT2D eigenvalue weighted by Gasteiger charge is 2.14. The molecule has 3 nitrogen and oxygen atoms in total. The van der Waals surface area contributed by atoms with Crippen LogP contribution in [0.2, 0.25) is 0 Å². The van der Waals surface area contributed by atoms with Crippen LogP contribution in [0.3, 0.4) is 0 Å². The predicted molar refractivity (Wildman–Crippen MR) is 48.4 cm³/mol. The molecule has 1 rings (SSSR count). The molecule has 64 valence electrons. The van der Waals surface area contributed by atoms with Gasteiger partial charge in [-0.05, 0) is 17.3 Å². The number of rotatable bonds is 1. The normalized spacial score (nSPS) is 11.2. The zero-order valence-corrected chi connectivity index (χ0v) is 7.53. The molecule has 0 amide bonds. The molecule has 3 heteroatoms. The summed E-state index contributed by atoms with van der Waals surface area (Å²) in [4.78, 5) is 14.2. The minimum atomic E-state index is 0.0292. The zero-order chi connectivity index (χ0) is 9.19. The van der Waals surface area contributed by atoms with Gasteiger partial charge in [-0.2, -0.15) is 0 Å². The molecule has 1 aromatic heterocycles. The second-order valence-electron chi connectivity index (χ2n) is 3.74. The van der Waals surface area contributed by atoms with Gasteiger partial charge in [-0.15, -0.1) is 4.91 Å². The van der Waals surface area contributed by atoms with E-state index in [4.69, 9.17) is 0 Å². The van der Waals surface area contributed by atoms with Crippen LogP contribution in [0.15, 0.2) is 23.5 Å². The number of nitrogens with zero attached hydrogens (tertiary/aromatic N) is 2. The molecule has 0 aliphatic heterocycles. The Morgan fingerprint density at radius 2 is 2.00 bits per heavy atom. The van der Waals surface area contributed by atoms with Gasteiger partial charge in [0.1, 0.15) is 5.69 Å². The Hall–Kier alpha value is -1.25. The molecule has 0 spiro atoms. The predicted octanol–water partition coefficient (Wildman–Crippen LogP) is 2.78. The van der Waals surface area contributed by atoms with Crippen LogP contribution < -0.4 is 0 Å². The van der Waals surface area contributed by atoms with Crippen LogP contribution in [-0.2, 0) is 5.41 Å². The summed E-state index contributed by atoms with van der Waals surface area (Å²) < 4.78 is 0. The smallest absolute Gasteiger partial charge is 0.126 e. The van der Waals surface area contributed by atoms with E-state index in [0.717, 1.165) is 5.69 Å². The van der Waals surface area contributed by atoms with Crippen molar-refractivity contribution in [2.75, 3.05) is 0 Å². The van der Waals surface area contributed by atoms with Crippen molar-refractivity contribution < 1.29 is 0 Å². The van der Waals surface area contributed by atoms with E-state index in [1.165, 1.54) is 6.20 Å². The number of nitroso groups, excluding NO2 is 1. The maximum Gasteiger partial charge on any atom is 0.126 e. The number of pyridine rings is 1. The third-order valence-corrected chi connectivity index (χ3v) is 1.62. The van der Waals surface area contributed by atoms with Crippen LogP contribution in [0.5, 0.6) is 0 Å². The lowest BCUT2D eigenvalue weighted by molar-refractivity contribution is 0.569. The molecular formula is C9H12N2O. The summed E-state index contributed by atoms with van der Waals surface area (Å²) in [6.07, 6.45) is 1.49. The van der Waals surface area contributed by atoms with Gasteiger partial charge in [0.25, 0.3) is 0 Å². The first-order valence-electron chi connectivity index (χ1n) is 3.84. The molecule has 12 heavy (non-hydrogen) atoms. The van der Waals surface area contributed by atoms with E-state index in [1.807, 2.05) is 6.07 Å². The van der Waals surface area contributed by atoms with Gasteiger partial charge in [0, 0.05) is 11.1 Å². The van der Waals surface area contributed by atoms with Crippen molar-refractivity contribution in [3.63, 3.8) is 0 Å². The number of aromatic nitrogens is 1. The fourth-order valence-corrected chi connectivity index (χ4v) is 0.884. The topological polar surface area (TPSA) is 42.3 Å². The summed E-state index contributed by atoms with van der Waals surface area (Å²) in [5.41, 5.74) is 1.37. The summed E-state index contributed by atoms with van der Waals surface area (Å²) >= 11 is 0. The Morgan fingerprint density at radius 1 is 1.33 bits per heavy atom. The summed E-state index contributed by atoms with van der Waals surface area (Å²) in [5, 5.41) is 2.78. The molecule has 0 bridgehead atoms. The van der Waals surface area contributed by atoms with Crippen molar-refractivity contribution in [2.24, 2.45) is 5.18 Å². The first-order chi connectivity index (χ1) is 5.54. The highest BCUT2D eigenvalue weighted by Crippen LogP contribution is 2.21. The molecule has 0 saturated carbocycles. The van der Waals surface area contributed by atoms with E-state index in [2.05, 4.69) is 30.9 Å². The second kappa shape index (κ2) is 3.01. The maximum atomic E-state index is 10.1. The summed E-state index contributed by atoms with van der Waals surface area (Å²) in [6, 6.07) is 3.51.